The smallest absolute Gasteiger partial charge is 0.285 e. The number of carbonyl (C=O) groups excluding carboxylic acids is 1. The van der Waals surface area contributed by atoms with Gasteiger partial charge in [0.1, 0.15) is 4.90 Å². The minimum Gasteiger partial charge on any atom is -0.350 e. The molecule has 0 spiro atoms. The largest absolute Gasteiger partial charge is 0.350 e. The third-order valence-electron chi connectivity index (χ3n) is 4.46. The van der Waals surface area contributed by atoms with Crippen LogP contribution >= 0.6 is 12.4 Å². The van der Waals surface area contributed by atoms with Gasteiger partial charge in [0.05, 0.1) is 6.54 Å². The molecule has 1 aromatic carbocycles. The predicted molar refractivity (Wildman–Crippen MR) is 98.7 cm³/mol. The van der Waals surface area contributed by atoms with Crippen LogP contribution in [-0.2, 0) is 14.8 Å². The summed E-state index contributed by atoms with van der Waals surface area (Å²) in [5, 5.41) is 6.36. The van der Waals surface area contributed by atoms with Crippen molar-refractivity contribution in [3.05, 3.63) is 29.8 Å². The summed E-state index contributed by atoms with van der Waals surface area (Å²) < 4.78 is 28.0. The van der Waals surface area contributed by atoms with Gasteiger partial charge < -0.3 is 15.5 Å². The van der Waals surface area contributed by atoms with E-state index in [1.54, 1.807) is 30.1 Å². The number of amides is 1. The van der Waals surface area contributed by atoms with Crippen molar-refractivity contribution < 1.29 is 13.2 Å². The molecule has 0 aliphatic carbocycles. The maximum Gasteiger partial charge on any atom is 0.285 e. The van der Waals surface area contributed by atoms with Gasteiger partial charge in [-0.1, -0.05) is 12.1 Å². The summed E-state index contributed by atoms with van der Waals surface area (Å²) >= 11 is 0. The second-order valence-corrected chi connectivity index (χ2v) is 7.87. The number of piperidine rings is 1. The molecule has 0 bridgehead atoms. The van der Waals surface area contributed by atoms with Crippen molar-refractivity contribution in [3.8, 4) is 0 Å². The molecule has 2 unspecified atom stereocenters. The molecule has 2 atom stereocenters. The number of amidine groups is 1. The van der Waals surface area contributed by atoms with Crippen LogP contribution in [0.2, 0.25) is 0 Å². The fourth-order valence-electron chi connectivity index (χ4n) is 3.15. The zero-order chi connectivity index (χ0) is 17.3. The van der Waals surface area contributed by atoms with E-state index in [0.717, 1.165) is 19.4 Å². The molecule has 0 radical (unpaired) electrons. The Morgan fingerprint density at radius 1 is 1.40 bits per heavy atom. The molecule has 1 aromatic rings. The van der Waals surface area contributed by atoms with Crippen molar-refractivity contribution in [1.82, 2.24) is 15.5 Å². The number of rotatable bonds is 3. The van der Waals surface area contributed by atoms with Crippen LogP contribution in [0, 0.1) is 0 Å². The zero-order valence-corrected chi connectivity index (χ0v) is 15.9. The van der Waals surface area contributed by atoms with Gasteiger partial charge in [-0.3, -0.25) is 4.79 Å². The van der Waals surface area contributed by atoms with E-state index >= 15 is 0 Å². The number of hydrogen-bond acceptors (Lipinski definition) is 5. The molecule has 1 saturated heterocycles. The Morgan fingerprint density at radius 3 is 2.84 bits per heavy atom. The summed E-state index contributed by atoms with van der Waals surface area (Å²) in [4.78, 5) is 14.1. The Balaban J connectivity index is 0.00000225. The highest BCUT2D eigenvalue weighted by Crippen LogP contribution is 2.26. The van der Waals surface area contributed by atoms with Crippen LogP contribution in [0.25, 0.3) is 0 Å². The fraction of sp³-hybridized carbons (Fsp3) is 0.500. The third-order valence-corrected chi connectivity index (χ3v) is 5.79. The molecule has 0 aromatic heterocycles. The number of nitrogens with one attached hydrogen (secondary N) is 2. The van der Waals surface area contributed by atoms with Gasteiger partial charge in [-0.25, -0.2) is 0 Å². The van der Waals surface area contributed by atoms with E-state index in [-0.39, 0.29) is 41.8 Å². The van der Waals surface area contributed by atoms with E-state index in [2.05, 4.69) is 22.0 Å². The molecule has 2 N–H and O–H groups in total. The molecule has 3 rings (SSSR count). The molecule has 2 aliphatic rings. The lowest BCUT2D eigenvalue weighted by molar-refractivity contribution is -0.122. The van der Waals surface area contributed by atoms with Crippen molar-refractivity contribution >= 4 is 34.2 Å². The van der Waals surface area contributed by atoms with Gasteiger partial charge in [-0.05, 0) is 38.4 Å². The van der Waals surface area contributed by atoms with Crippen LogP contribution < -0.4 is 10.6 Å². The van der Waals surface area contributed by atoms with Gasteiger partial charge in [0.2, 0.25) is 5.91 Å². The van der Waals surface area contributed by atoms with E-state index in [1.807, 2.05) is 0 Å². The monoisotopic (exact) mass is 386 g/mol. The lowest BCUT2D eigenvalue weighted by Crippen LogP contribution is -2.53. The summed E-state index contributed by atoms with van der Waals surface area (Å²) in [6, 6.07) is 7.00. The first-order chi connectivity index (χ1) is 11.4. The molecule has 138 valence electrons. The predicted octanol–water partition coefficient (Wildman–Crippen LogP) is 0.746. The zero-order valence-electron chi connectivity index (χ0n) is 14.2. The number of carbonyl (C=O) groups is 1. The topological polar surface area (TPSA) is 90.9 Å². The third kappa shape index (κ3) is 4.13. The Morgan fingerprint density at radius 2 is 2.12 bits per heavy atom. The van der Waals surface area contributed by atoms with E-state index in [0.29, 0.717) is 11.4 Å². The van der Waals surface area contributed by atoms with Gasteiger partial charge in [-0.15, -0.1) is 16.8 Å². The number of sulfonamides is 1. The summed E-state index contributed by atoms with van der Waals surface area (Å²) in [5.74, 6) is 0.179. The number of fused-ring (bicyclic) bond motifs is 1. The normalized spacial score (nSPS) is 23.8. The van der Waals surface area contributed by atoms with Crippen LogP contribution in [0.3, 0.4) is 0 Å². The maximum atomic E-state index is 12.3. The van der Waals surface area contributed by atoms with Gasteiger partial charge in [-0.2, -0.15) is 8.42 Å². The molecular formula is C16H23ClN4O3S. The van der Waals surface area contributed by atoms with Gasteiger partial charge in [0.25, 0.3) is 10.0 Å². The highest BCUT2D eigenvalue weighted by atomic mass is 35.5. The molecule has 7 nitrogen and oxygen atoms in total. The lowest BCUT2D eigenvalue weighted by Gasteiger charge is -2.31. The molecular weight excluding hydrogens is 364 g/mol. The minimum absolute atomic E-state index is 0. The maximum absolute atomic E-state index is 12.3. The Labute approximate surface area is 154 Å². The fourth-order valence-corrected chi connectivity index (χ4v) is 4.40. The SMILES string of the molecule is CC1NCCCC1NC(=O)CN(C)C1=NS(=O)(=O)c2ccccc21.Cl. The van der Waals surface area contributed by atoms with Crippen LogP contribution in [-0.4, -0.2) is 57.3 Å². The summed E-state index contributed by atoms with van der Waals surface area (Å²) in [5.41, 5.74) is 0.542. The second-order valence-electron chi connectivity index (χ2n) is 6.30. The second kappa shape index (κ2) is 7.72. The molecule has 25 heavy (non-hydrogen) atoms. The first-order valence-corrected chi connectivity index (χ1v) is 9.51. The highest BCUT2D eigenvalue weighted by molar-refractivity contribution is 7.90. The standard InChI is InChI=1S/C16H22N4O3S.ClH/c1-11-13(7-5-9-17-11)18-15(21)10-20(2)16-12-6-3-4-8-14(12)24(22,23)19-16;/h3-4,6,8,11,13,17H,5,7,9-10H2,1-2H3,(H,18,21);1H. The van der Waals surface area contributed by atoms with Gasteiger partial charge in [0, 0.05) is 24.7 Å². The number of hydrogen-bond donors (Lipinski definition) is 2. The molecule has 1 amide bonds. The number of likely N-dealkylation sites (N-methyl/N-ethyl adjacent to an activating group) is 1. The van der Waals surface area contributed by atoms with Crippen LogP contribution in [0.15, 0.2) is 33.6 Å². The number of halogens is 1. The molecule has 1 fully saturated rings. The molecule has 0 saturated carbocycles. The van der Waals surface area contributed by atoms with E-state index in [1.165, 1.54) is 6.07 Å². The first-order valence-electron chi connectivity index (χ1n) is 8.07. The molecule has 2 heterocycles. The Hall–Kier alpha value is -1.64. The highest BCUT2D eigenvalue weighted by Gasteiger charge is 2.31. The lowest BCUT2D eigenvalue weighted by atomic mass is 10.00. The summed E-state index contributed by atoms with van der Waals surface area (Å²) in [6.45, 7) is 3.09. The number of benzene rings is 1. The molecule has 2 aliphatic heterocycles. The van der Waals surface area contributed by atoms with Crippen molar-refractivity contribution in [2.75, 3.05) is 20.1 Å². The molecule has 9 heteroatoms. The van der Waals surface area contributed by atoms with Crippen LogP contribution in [0.1, 0.15) is 25.3 Å². The van der Waals surface area contributed by atoms with Crippen LogP contribution in [0.5, 0.6) is 0 Å². The van der Waals surface area contributed by atoms with E-state index in [9.17, 15) is 13.2 Å². The Kier molecular flexibility index (Phi) is 6.08. The van der Waals surface area contributed by atoms with E-state index < -0.39 is 10.0 Å². The van der Waals surface area contributed by atoms with E-state index in [4.69, 9.17) is 0 Å². The minimum atomic E-state index is -3.67. The average Bonchev–Trinajstić information content (AvgIpc) is 2.82. The summed E-state index contributed by atoms with van der Waals surface area (Å²) in [7, 11) is -1.99. The summed E-state index contributed by atoms with van der Waals surface area (Å²) in [6.07, 6.45) is 1.98. The quantitative estimate of drug-likeness (QED) is 0.799. The van der Waals surface area contributed by atoms with Gasteiger partial charge >= 0.3 is 0 Å². The number of nitrogens with zero attached hydrogens (tertiary/aromatic N) is 2. The van der Waals surface area contributed by atoms with Gasteiger partial charge in [0.15, 0.2) is 5.84 Å². The van der Waals surface area contributed by atoms with Crippen molar-refractivity contribution in [1.29, 1.82) is 0 Å². The first kappa shape index (κ1) is 19.7. The van der Waals surface area contributed by atoms with Crippen molar-refractivity contribution in [2.45, 2.75) is 36.7 Å². The average molecular weight is 387 g/mol. The Bertz CT molecular complexity index is 781. The van der Waals surface area contributed by atoms with Crippen molar-refractivity contribution in [3.63, 3.8) is 0 Å². The van der Waals surface area contributed by atoms with Crippen molar-refractivity contribution in [2.24, 2.45) is 4.40 Å². The van der Waals surface area contributed by atoms with Crippen LogP contribution in [0.4, 0.5) is 0 Å².